The van der Waals surface area contributed by atoms with Gasteiger partial charge in [0.05, 0.1) is 6.10 Å². The third-order valence-corrected chi connectivity index (χ3v) is 2.69. The van der Waals surface area contributed by atoms with E-state index in [1.807, 2.05) is 6.07 Å². The van der Waals surface area contributed by atoms with E-state index in [9.17, 15) is 4.39 Å². The van der Waals surface area contributed by atoms with Crippen LogP contribution in [-0.2, 0) is 4.74 Å². The zero-order valence-electron chi connectivity index (χ0n) is 7.95. The average molecular weight is 195 g/mol. The summed E-state index contributed by atoms with van der Waals surface area (Å²) >= 11 is 0. The number of benzene rings is 1. The molecule has 3 heteroatoms. The number of rotatable bonds is 2. The van der Waals surface area contributed by atoms with E-state index in [-0.39, 0.29) is 11.9 Å². The summed E-state index contributed by atoms with van der Waals surface area (Å²) < 4.78 is 18.5. The van der Waals surface area contributed by atoms with Crippen molar-refractivity contribution in [3.63, 3.8) is 0 Å². The minimum Gasteiger partial charge on any atom is -0.373 e. The maximum atomic E-state index is 13.0. The van der Waals surface area contributed by atoms with Crippen molar-refractivity contribution in [1.29, 1.82) is 0 Å². The molecule has 0 aromatic heterocycles. The maximum absolute atomic E-state index is 13.0. The Labute approximate surface area is 82.9 Å². The number of hydrogen-bond donors (Lipinski definition) is 1. The summed E-state index contributed by atoms with van der Waals surface area (Å²) in [5.74, 6) is 0.116. The normalized spacial score (nSPS) is 26.7. The van der Waals surface area contributed by atoms with E-state index in [4.69, 9.17) is 10.5 Å². The van der Waals surface area contributed by atoms with Crippen LogP contribution < -0.4 is 5.73 Å². The van der Waals surface area contributed by atoms with Gasteiger partial charge in [0.15, 0.2) is 0 Å². The van der Waals surface area contributed by atoms with Crippen molar-refractivity contribution < 1.29 is 9.13 Å². The van der Waals surface area contributed by atoms with Gasteiger partial charge in [-0.2, -0.15) is 0 Å². The van der Waals surface area contributed by atoms with E-state index in [1.54, 1.807) is 6.07 Å². The molecule has 1 aromatic rings. The van der Waals surface area contributed by atoms with Gasteiger partial charge in [0.1, 0.15) is 5.82 Å². The predicted molar refractivity (Wildman–Crippen MR) is 52.3 cm³/mol. The highest BCUT2D eigenvalue weighted by atomic mass is 19.1. The molecule has 0 radical (unpaired) electrons. The average Bonchev–Trinajstić information content (AvgIpc) is 2.65. The van der Waals surface area contributed by atoms with Crippen molar-refractivity contribution >= 4 is 0 Å². The van der Waals surface area contributed by atoms with Crippen molar-refractivity contribution in [2.45, 2.75) is 12.5 Å². The molecule has 1 aliphatic heterocycles. The van der Waals surface area contributed by atoms with E-state index >= 15 is 0 Å². The third kappa shape index (κ3) is 1.79. The molecule has 1 saturated heterocycles. The summed E-state index contributed by atoms with van der Waals surface area (Å²) in [6.07, 6.45) is 0.952. The summed E-state index contributed by atoms with van der Waals surface area (Å²) in [6.45, 7) is 1.32. The second kappa shape index (κ2) is 4.07. The predicted octanol–water partition coefficient (Wildman–Crippen LogP) is 1.86. The van der Waals surface area contributed by atoms with Gasteiger partial charge in [0.25, 0.3) is 0 Å². The van der Waals surface area contributed by atoms with Crippen LogP contribution in [-0.4, -0.2) is 13.2 Å². The third-order valence-electron chi connectivity index (χ3n) is 2.69. The molecule has 14 heavy (non-hydrogen) atoms. The number of ether oxygens (including phenoxy) is 1. The molecule has 1 heterocycles. The largest absolute Gasteiger partial charge is 0.373 e. The zero-order chi connectivity index (χ0) is 9.97. The lowest BCUT2D eigenvalue weighted by Crippen LogP contribution is -2.17. The van der Waals surface area contributed by atoms with Crippen LogP contribution in [0.1, 0.15) is 18.1 Å². The summed E-state index contributed by atoms with van der Waals surface area (Å²) in [5.41, 5.74) is 6.53. The van der Waals surface area contributed by atoms with Crippen molar-refractivity contribution in [3.05, 3.63) is 35.6 Å². The molecule has 1 aromatic carbocycles. The Morgan fingerprint density at radius 1 is 1.50 bits per heavy atom. The van der Waals surface area contributed by atoms with Crippen LogP contribution in [0.15, 0.2) is 24.3 Å². The first-order chi connectivity index (χ1) is 6.81. The molecule has 0 amide bonds. The van der Waals surface area contributed by atoms with Crippen molar-refractivity contribution in [2.24, 2.45) is 11.7 Å². The molecule has 2 unspecified atom stereocenters. The Kier molecular flexibility index (Phi) is 2.79. The van der Waals surface area contributed by atoms with Crippen LogP contribution in [0, 0.1) is 11.7 Å². The van der Waals surface area contributed by atoms with Gasteiger partial charge in [0.2, 0.25) is 0 Å². The Morgan fingerprint density at radius 3 is 3.07 bits per heavy atom. The van der Waals surface area contributed by atoms with Gasteiger partial charge in [0, 0.05) is 12.5 Å². The topological polar surface area (TPSA) is 35.2 Å². The van der Waals surface area contributed by atoms with E-state index in [1.165, 1.54) is 12.1 Å². The van der Waals surface area contributed by atoms with Gasteiger partial charge in [-0.3, -0.25) is 0 Å². The minimum absolute atomic E-state index is 0.0179. The first-order valence-corrected chi connectivity index (χ1v) is 4.88. The monoisotopic (exact) mass is 195 g/mol. The summed E-state index contributed by atoms with van der Waals surface area (Å²) in [6, 6.07) is 6.57. The maximum Gasteiger partial charge on any atom is 0.123 e. The van der Waals surface area contributed by atoms with Crippen molar-refractivity contribution in [3.8, 4) is 0 Å². The summed E-state index contributed by atoms with van der Waals surface area (Å²) in [5, 5.41) is 0. The van der Waals surface area contributed by atoms with Crippen LogP contribution >= 0.6 is 0 Å². The zero-order valence-corrected chi connectivity index (χ0v) is 7.95. The van der Waals surface area contributed by atoms with E-state index in [0.717, 1.165) is 18.6 Å². The first kappa shape index (κ1) is 9.62. The molecular weight excluding hydrogens is 181 g/mol. The molecule has 2 atom stereocenters. The standard InChI is InChI=1S/C11H14FNO/c12-10-3-1-2-8(6-10)11-9(7-13)4-5-14-11/h1-3,6,9,11H,4-5,7,13H2. The van der Waals surface area contributed by atoms with Crippen LogP contribution in [0.2, 0.25) is 0 Å². The molecule has 1 fully saturated rings. The molecule has 0 aliphatic carbocycles. The van der Waals surface area contributed by atoms with Crippen LogP contribution in [0.4, 0.5) is 4.39 Å². The molecule has 2 N–H and O–H groups in total. The summed E-state index contributed by atoms with van der Waals surface area (Å²) in [7, 11) is 0. The minimum atomic E-state index is -0.214. The fraction of sp³-hybridized carbons (Fsp3) is 0.455. The summed E-state index contributed by atoms with van der Waals surface area (Å²) in [4.78, 5) is 0. The van der Waals surface area contributed by atoms with Gasteiger partial charge >= 0.3 is 0 Å². The smallest absolute Gasteiger partial charge is 0.123 e. The highest BCUT2D eigenvalue weighted by molar-refractivity contribution is 5.20. The highest BCUT2D eigenvalue weighted by Crippen LogP contribution is 2.33. The van der Waals surface area contributed by atoms with Crippen molar-refractivity contribution in [2.75, 3.05) is 13.2 Å². The molecule has 76 valence electrons. The Hall–Kier alpha value is -0.930. The van der Waals surface area contributed by atoms with Crippen LogP contribution in [0.3, 0.4) is 0 Å². The fourth-order valence-corrected chi connectivity index (χ4v) is 1.93. The molecule has 0 bridgehead atoms. The van der Waals surface area contributed by atoms with Gasteiger partial charge < -0.3 is 10.5 Å². The molecule has 2 rings (SSSR count). The lowest BCUT2D eigenvalue weighted by atomic mass is 9.95. The second-order valence-corrected chi connectivity index (χ2v) is 3.63. The van der Waals surface area contributed by atoms with Gasteiger partial charge in [-0.25, -0.2) is 4.39 Å². The SMILES string of the molecule is NCC1CCOC1c1cccc(F)c1. The number of hydrogen-bond acceptors (Lipinski definition) is 2. The van der Waals surface area contributed by atoms with E-state index in [0.29, 0.717) is 12.5 Å². The fourth-order valence-electron chi connectivity index (χ4n) is 1.93. The second-order valence-electron chi connectivity index (χ2n) is 3.63. The molecule has 1 aliphatic rings. The first-order valence-electron chi connectivity index (χ1n) is 4.88. The van der Waals surface area contributed by atoms with Gasteiger partial charge in [-0.15, -0.1) is 0 Å². The molecule has 0 saturated carbocycles. The highest BCUT2D eigenvalue weighted by Gasteiger charge is 2.28. The Morgan fingerprint density at radius 2 is 2.36 bits per heavy atom. The van der Waals surface area contributed by atoms with Crippen molar-refractivity contribution in [1.82, 2.24) is 0 Å². The molecule has 0 spiro atoms. The lowest BCUT2D eigenvalue weighted by Gasteiger charge is -2.16. The Bertz CT molecular complexity index is 316. The van der Waals surface area contributed by atoms with Crippen LogP contribution in [0.25, 0.3) is 0 Å². The molecule has 2 nitrogen and oxygen atoms in total. The van der Waals surface area contributed by atoms with Gasteiger partial charge in [-0.1, -0.05) is 12.1 Å². The molecular formula is C11H14FNO. The van der Waals surface area contributed by atoms with E-state index in [2.05, 4.69) is 0 Å². The van der Waals surface area contributed by atoms with E-state index < -0.39 is 0 Å². The number of nitrogens with two attached hydrogens (primary N) is 1. The van der Waals surface area contributed by atoms with Gasteiger partial charge in [-0.05, 0) is 30.7 Å². The lowest BCUT2D eigenvalue weighted by molar-refractivity contribution is 0.0922. The number of halogens is 1. The Balaban J connectivity index is 2.21. The van der Waals surface area contributed by atoms with Crippen LogP contribution in [0.5, 0.6) is 0 Å². The quantitative estimate of drug-likeness (QED) is 0.781.